The highest BCUT2D eigenvalue weighted by Gasteiger charge is 2.37. The maximum atomic E-state index is 13.3. The van der Waals surface area contributed by atoms with Crippen LogP contribution in [-0.2, 0) is 16.1 Å². The van der Waals surface area contributed by atoms with Gasteiger partial charge in [0.2, 0.25) is 11.1 Å². The highest BCUT2D eigenvalue weighted by molar-refractivity contribution is 9.10. The predicted molar refractivity (Wildman–Crippen MR) is 151 cm³/mol. The Labute approximate surface area is 230 Å². The molecule has 1 unspecified atom stereocenters. The predicted octanol–water partition coefficient (Wildman–Crippen LogP) is 6.84. The number of benzene rings is 2. The van der Waals surface area contributed by atoms with Crippen LogP contribution in [0.15, 0.2) is 76.0 Å². The third-order valence-electron chi connectivity index (χ3n) is 6.03. The van der Waals surface area contributed by atoms with Crippen molar-refractivity contribution in [3.63, 3.8) is 0 Å². The number of carbonyl (C=O) groups excluding carboxylic acids is 1. The fraction of sp³-hybridized carbons (Fsp3) is 0.321. The second kappa shape index (κ2) is 12.5. The zero-order valence-electron chi connectivity index (χ0n) is 21.3. The minimum atomic E-state index is -0.592. The second-order valence-corrected chi connectivity index (χ2v) is 10.7. The van der Waals surface area contributed by atoms with Gasteiger partial charge in [-0.15, -0.1) is 5.10 Å². The van der Waals surface area contributed by atoms with Crippen LogP contribution in [0.1, 0.15) is 49.4 Å². The molecule has 9 heteroatoms. The number of esters is 1. The second-order valence-electron chi connectivity index (χ2n) is 8.72. The monoisotopic (exact) mass is 582 g/mol. The number of fused-ring (bicyclic) bond motifs is 1. The quantitative estimate of drug-likeness (QED) is 0.115. The Morgan fingerprint density at radius 3 is 2.84 bits per heavy atom. The molecule has 2 aromatic carbocycles. The third-order valence-corrected chi connectivity index (χ3v) is 7.44. The highest BCUT2D eigenvalue weighted by atomic mass is 79.9. The number of nitrogens with one attached hydrogen (secondary N) is 1. The van der Waals surface area contributed by atoms with Crippen LogP contribution in [0.25, 0.3) is 0 Å². The molecule has 3 aromatic rings. The summed E-state index contributed by atoms with van der Waals surface area (Å²) in [6.45, 7) is 10.2. The smallest absolute Gasteiger partial charge is 0.338 e. The minimum absolute atomic E-state index is 0.111. The van der Waals surface area contributed by atoms with Crippen LogP contribution in [0.2, 0.25) is 0 Å². The van der Waals surface area contributed by atoms with Crippen molar-refractivity contribution in [2.45, 2.75) is 51.4 Å². The first-order chi connectivity index (χ1) is 17.9. The van der Waals surface area contributed by atoms with Crippen LogP contribution >= 0.6 is 27.7 Å². The lowest BCUT2D eigenvalue weighted by atomic mass is 9.95. The van der Waals surface area contributed by atoms with Gasteiger partial charge in [0.25, 0.3) is 0 Å². The van der Waals surface area contributed by atoms with Crippen molar-refractivity contribution >= 4 is 39.6 Å². The molecule has 37 heavy (non-hydrogen) atoms. The van der Waals surface area contributed by atoms with Gasteiger partial charge in [0.05, 0.1) is 5.57 Å². The number of hydrogen-bond donors (Lipinski definition) is 1. The lowest BCUT2D eigenvalue weighted by molar-refractivity contribution is -0.138. The summed E-state index contributed by atoms with van der Waals surface area (Å²) >= 11 is 5.21. The SMILES string of the molecule is C=CCOC(=O)C1=C(C)Nc2nc(SCCCC)nn2C1c1cc(Br)ccc1OCc1ccccc1C. The Morgan fingerprint density at radius 2 is 2.08 bits per heavy atom. The van der Waals surface area contributed by atoms with E-state index in [1.807, 2.05) is 37.3 Å². The Morgan fingerprint density at radius 1 is 1.27 bits per heavy atom. The average molecular weight is 584 g/mol. The molecule has 0 saturated carbocycles. The molecule has 4 rings (SSSR count). The Bertz CT molecular complexity index is 1320. The molecule has 0 saturated heterocycles. The molecule has 1 atom stereocenters. The number of halogens is 1. The Kier molecular flexibility index (Phi) is 9.10. The summed E-state index contributed by atoms with van der Waals surface area (Å²) in [5.41, 5.74) is 4.14. The number of carbonyl (C=O) groups is 1. The number of allylic oxidation sites excluding steroid dienone is 1. The molecule has 2 heterocycles. The molecule has 0 spiro atoms. The van der Waals surface area contributed by atoms with Gasteiger partial charge in [-0.25, -0.2) is 9.48 Å². The molecule has 0 fully saturated rings. The lowest BCUT2D eigenvalue weighted by Gasteiger charge is -2.29. The highest BCUT2D eigenvalue weighted by Crippen LogP contribution is 2.41. The van der Waals surface area contributed by atoms with Gasteiger partial charge in [-0.05, 0) is 49.6 Å². The summed E-state index contributed by atoms with van der Waals surface area (Å²) in [5.74, 6) is 1.71. The van der Waals surface area contributed by atoms with Crippen LogP contribution in [0, 0.1) is 6.92 Å². The molecule has 0 amide bonds. The van der Waals surface area contributed by atoms with Crippen molar-refractivity contribution in [2.75, 3.05) is 17.7 Å². The molecule has 0 radical (unpaired) electrons. The number of anilines is 1. The van der Waals surface area contributed by atoms with Gasteiger partial charge in [0, 0.05) is 21.5 Å². The van der Waals surface area contributed by atoms with Crippen LogP contribution in [0.3, 0.4) is 0 Å². The normalized spacial score (nSPS) is 14.6. The Hall–Kier alpha value is -3.04. The first-order valence-corrected chi connectivity index (χ1v) is 14.0. The summed E-state index contributed by atoms with van der Waals surface area (Å²) in [6.07, 6.45) is 3.73. The first kappa shape index (κ1) is 27.0. The molecule has 1 N–H and O–H groups in total. The van der Waals surface area contributed by atoms with E-state index in [2.05, 4.69) is 53.8 Å². The number of ether oxygens (including phenoxy) is 2. The average Bonchev–Trinajstić information content (AvgIpc) is 3.28. The maximum absolute atomic E-state index is 13.3. The van der Waals surface area contributed by atoms with E-state index < -0.39 is 12.0 Å². The summed E-state index contributed by atoms with van der Waals surface area (Å²) in [5, 5.41) is 8.72. The largest absolute Gasteiger partial charge is 0.489 e. The van der Waals surface area contributed by atoms with E-state index in [1.54, 1.807) is 22.5 Å². The van der Waals surface area contributed by atoms with Crippen LogP contribution in [-0.4, -0.2) is 33.1 Å². The van der Waals surface area contributed by atoms with Gasteiger partial charge < -0.3 is 14.8 Å². The van der Waals surface area contributed by atoms with Gasteiger partial charge in [-0.2, -0.15) is 4.98 Å². The fourth-order valence-electron chi connectivity index (χ4n) is 4.06. The van der Waals surface area contributed by atoms with Crippen molar-refractivity contribution in [3.8, 4) is 5.75 Å². The minimum Gasteiger partial charge on any atom is -0.489 e. The molecule has 194 valence electrons. The lowest BCUT2D eigenvalue weighted by Crippen LogP contribution is -2.30. The number of rotatable bonds is 11. The molecular formula is C28H31BrN4O3S. The first-order valence-electron chi connectivity index (χ1n) is 12.2. The molecule has 7 nitrogen and oxygen atoms in total. The Balaban J connectivity index is 1.78. The van der Waals surface area contributed by atoms with Crippen molar-refractivity contribution in [1.82, 2.24) is 14.8 Å². The summed E-state index contributed by atoms with van der Waals surface area (Å²) in [6, 6.07) is 13.3. The number of hydrogen-bond acceptors (Lipinski definition) is 7. The standard InChI is InChI=1S/C28H31BrN4O3S/c1-5-7-15-37-28-31-27-30-19(4)24(26(34)35-14-6-2)25(33(27)32-28)22-16-21(29)12-13-23(22)36-17-20-11-9-8-10-18(20)3/h6,8-13,16,25H,2,5,7,14-15,17H2,1,3-4H3,(H,30,31,32). The topological polar surface area (TPSA) is 78.3 Å². The number of aromatic nitrogens is 3. The van der Waals surface area contributed by atoms with E-state index in [0.29, 0.717) is 34.7 Å². The number of nitrogens with zero attached hydrogens (tertiary/aromatic N) is 3. The van der Waals surface area contributed by atoms with E-state index >= 15 is 0 Å². The number of thioether (sulfide) groups is 1. The van der Waals surface area contributed by atoms with Gasteiger partial charge in [-0.1, -0.05) is 78.0 Å². The fourth-order valence-corrected chi connectivity index (χ4v) is 5.35. The van der Waals surface area contributed by atoms with E-state index in [1.165, 1.54) is 0 Å². The van der Waals surface area contributed by atoms with E-state index in [0.717, 1.165) is 39.8 Å². The zero-order valence-corrected chi connectivity index (χ0v) is 23.7. The summed E-state index contributed by atoms with van der Waals surface area (Å²) in [7, 11) is 0. The molecule has 0 bridgehead atoms. The van der Waals surface area contributed by atoms with Crippen molar-refractivity contribution in [1.29, 1.82) is 0 Å². The number of unbranched alkanes of at least 4 members (excludes halogenated alkanes) is 1. The molecule has 1 aliphatic rings. The zero-order chi connectivity index (χ0) is 26.4. The summed E-state index contributed by atoms with van der Waals surface area (Å²) in [4.78, 5) is 18.0. The maximum Gasteiger partial charge on any atom is 0.338 e. The van der Waals surface area contributed by atoms with Crippen LogP contribution in [0.4, 0.5) is 5.95 Å². The van der Waals surface area contributed by atoms with Gasteiger partial charge in [0.1, 0.15) is 25.0 Å². The van der Waals surface area contributed by atoms with Gasteiger partial charge in [0.15, 0.2) is 0 Å². The van der Waals surface area contributed by atoms with Crippen LogP contribution < -0.4 is 10.1 Å². The van der Waals surface area contributed by atoms with Crippen molar-refractivity contribution in [2.24, 2.45) is 0 Å². The molecule has 1 aliphatic heterocycles. The third kappa shape index (κ3) is 6.27. The van der Waals surface area contributed by atoms with Gasteiger partial charge >= 0.3 is 5.97 Å². The number of aryl methyl sites for hydroxylation is 1. The van der Waals surface area contributed by atoms with E-state index in [4.69, 9.17) is 19.6 Å². The molecular weight excluding hydrogens is 552 g/mol. The van der Waals surface area contributed by atoms with Crippen molar-refractivity contribution < 1.29 is 14.3 Å². The van der Waals surface area contributed by atoms with Crippen LogP contribution in [0.5, 0.6) is 5.75 Å². The van der Waals surface area contributed by atoms with Gasteiger partial charge in [-0.3, -0.25) is 0 Å². The summed E-state index contributed by atoms with van der Waals surface area (Å²) < 4.78 is 14.5. The molecule has 0 aliphatic carbocycles. The van der Waals surface area contributed by atoms with E-state index in [-0.39, 0.29) is 6.61 Å². The van der Waals surface area contributed by atoms with Crippen molar-refractivity contribution in [3.05, 3.63) is 87.6 Å². The van der Waals surface area contributed by atoms with E-state index in [9.17, 15) is 4.79 Å². The molecule has 1 aromatic heterocycles.